The maximum absolute atomic E-state index is 12.8. The molecule has 2 rings (SSSR count). The number of aliphatic hydroxyl groups is 5. The summed E-state index contributed by atoms with van der Waals surface area (Å²) < 4.78 is 39.1. The van der Waals surface area contributed by atoms with Crippen LogP contribution in [0.4, 0.5) is 0 Å². The summed E-state index contributed by atoms with van der Waals surface area (Å²) in [6, 6.07) is 0. The molecule has 0 aromatic carbocycles. The maximum atomic E-state index is 12.8. The Balaban J connectivity index is 1.78. The number of esters is 2. The molecule has 14 nitrogen and oxygen atoms in total. The fraction of sp³-hybridized carbons (Fsp3) is 0.733. The minimum Gasteiger partial charge on any atom is -0.462 e. The molecule has 60 heavy (non-hydrogen) atoms. The number of rotatable bonds is 34. The second kappa shape index (κ2) is 32.2. The van der Waals surface area contributed by atoms with Gasteiger partial charge in [0.05, 0.1) is 12.7 Å². The lowest BCUT2D eigenvalue weighted by Crippen LogP contribution is -2.64. The van der Waals surface area contributed by atoms with Crippen LogP contribution in [-0.4, -0.2) is 111 Å². The fourth-order valence-electron chi connectivity index (χ4n) is 6.67. The summed E-state index contributed by atoms with van der Waals surface area (Å²) in [5.41, 5.74) is 0. The summed E-state index contributed by atoms with van der Waals surface area (Å²) in [6.07, 6.45) is 25.9. The number of allylic oxidation sites excluding steroid dienone is 9. The van der Waals surface area contributed by atoms with Crippen molar-refractivity contribution >= 4 is 19.8 Å². The van der Waals surface area contributed by atoms with Gasteiger partial charge in [-0.1, -0.05) is 152 Å². The van der Waals surface area contributed by atoms with Gasteiger partial charge >= 0.3 is 19.8 Å². The van der Waals surface area contributed by atoms with Crippen LogP contribution >= 0.6 is 7.82 Å². The quantitative estimate of drug-likeness (QED) is 0.00944. The second-order valence-corrected chi connectivity index (χ2v) is 17.0. The average molecular weight is 871 g/mol. The van der Waals surface area contributed by atoms with Crippen LogP contribution in [0.15, 0.2) is 60.8 Å². The zero-order valence-corrected chi connectivity index (χ0v) is 36.8. The van der Waals surface area contributed by atoms with E-state index >= 15 is 0 Å². The van der Waals surface area contributed by atoms with Crippen molar-refractivity contribution in [3.05, 3.63) is 60.8 Å². The number of hydrogen-bond acceptors (Lipinski definition) is 13. The molecule has 344 valence electrons. The number of phosphoric acid groups is 1. The van der Waals surface area contributed by atoms with Crippen molar-refractivity contribution in [2.24, 2.45) is 0 Å². The van der Waals surface area contributed by atoms with Gasteiger partial charge in [-0.15, -0.1) is 0 Å². The normalized spacial score (nSPS) is 26.1. The largest absolute Gasteiger partial charge is 0.472 e. The number of carbonyl (C=O) groups excluding carboxylic acids is 2. The van der Waals surface area contributed by atoms with Gasteiger partial charge in [-0.2, -0.15) is 0 Å². The Morgan fingerprint density at radius 1 is 0.633 bits per heavy atom. The fourth-order valence-corrected chi connectivity index (χ4v) is 7.64. The molecule has 8 unspecified atom stereocenters. The summed E-state index contributed by atoms with van der Waals surface area (Å²) in [5.74, 6) is -1.20. The third-order valence-electron chi connectivity index (χ3n) is 10.3. The highest BCUT2D eigenvalue weighted by Crippen LogP contribution is 2.47. The molecule has 2 fully saturated rings. The summed E-state index contributed by atoms with van der Waals surface area (Å²) in [4.78, 5) is 35.7. The summed E-state index contributed by atoms with van der Waals surface area (Å²) >= 11 is 0. The number of unbranched alkanes of at least 4 members (excludes halogenated alkanes) is 12. The van der Waals surface area contributed by atoms with E-state index in [2.05, 4.69) is 44.2 Å². The minimum atomic E-state index is -5.15. The highest BCUT2D eigenvalue weighted by Gasteiger charge is 2.51. The van der Waals surface area contributed by atoms with Gasteiger partial charge in [0.2, 0.25) is 0 Å². The number of aliphatic hydroxyl groups excluding tert-OH is 5. The van der Waals surface area contributed by atoms with Crippen LogP contribution in [0, 0.1) is 0 Å². The van der Waals surface area contributed by atoms with E-state index in [1.54, 1.807) is 0 Å². The third kappa shape index (κ3) is 24.2. The first-order valence-corrected chi connectivity index (χ1v) is 23.8. The number of phosphoric ester groups is 1. The Hall–Kier alpha value is -2.49. The molecule has 1 saturated heterocycles. The van der Waals surface area contributed by atoms with Gasteiger partial charge in [-0.05, 0) is 38.5 Å². The van der Waals surface area contributed by atoms with Crippen molar-refractivity contribution < 1.29 is 67.8 Å². The summed E-state index contributed by atoms with van der Waals surface area (Å²) in [5, 5.41) is 50.1. The highest BCUT2D eigenvalue weighted by molar-refractivity contribution is 7.47. The van der Waals surface area contributed by atoms with E-state index in [-0.39, 0.29) is 25.0 Å². The van der Waals surface area contributed by atoms with Crippen molar-refractivity contribution in [3.63, 3.8) is 0 Å². The van der Waals surface area contributed by atoms with E-state index in [0.29, 0.717) is 19.3 Å². The van der Waals surface area contributed by atoms with E-state index in [1.807, 2.05) is 30.4 Å². The lowest BCUT2D eigenvalue weighted by atomic mass is 9.85. The van der Waals surface area contributed by atoms with Crippen molar-refractivity contribution in [3.8, 4) is 0 Å². The Morgan fingerprint density at radius 3 is 1.78 bits per heavy atom. The molecule has 0 amide bonds. The van der Waals surface area contributed by atoms with Gasteiger partial charge in [0.1, 0.15) is 49.3 Å². The van der Waals surface area contributed by atoms with Gasteiger partial charge in [-0.3, -0.25) is 18.6 Å². The second-order valence-electron chi connectivity index (χ2n) is 15.6. The highest BCUT2D eigenvalue weighted by atomic mass is 31.2. The Morgan fingerprint density at radius 2 is 1.17 bits per heavy atom. The number of ether oxygens (including phenoxy) is 3. The van der Waals surface area contributed by atoms with Gasteiger partial charge in [0, 0.05) is 12.8 Å². The van der Waals surface area contributed by atoms with E-state index in [9.17, 15) is 44.6 Å². The molecule has 6 N–H and O–H groups in total. The van der Waals surface area contributed by atoms with Crippen LogP contribution in [0.3, 0.4) is 0 Å². The maximum Gasteiger partial charge on any atom is 0.472 e. The number of carbonyl (C=O) groups is 2. The first-order chi connectivity index (χ1) is 28.9. The average Bonchev–Trinajstić information content (AvgIpc) is 3.98. The topological polar surface area (TPSA) is 222 Å². The zero-order valence-electron chi connectivity index (χ0n) is 35.9. The van der Waals surface area contributed by atoms with Crippen LogP contribution in [0.25, 0.3) is 0 Å². The molecule has 0 aromatic rings. The smallest absolute Gasteiger partial charge is 0.462 e. The SMILES string of the molecule is CC/C=C\C/C=C\C\C=C/C=C/C=C/C1OC1CCCC(=O)OC(COC(=O)CCCCCCCCCCCCCCC)COP(=O)(O)OC1C(O)C(O)C(O)C(O)C1O. The third-order valence-corrected chi connectivity index (χ3v) is 11.3. The van der Waals surface area contributed by atoms with Crippen molar-refractivity contribution in [1.82, 2.24) is 0 Å². The molecule has 2 aliphatic rings. The molecule has 1 aliphatic heterocycles. The molecule has 0 bridgehead atoms. The van der Waals surface area contributed by atoms with Crippen LogP contribution in [-0.2, 0) is 37.4 Å². The summed E-state index contributed by atoms with van der Waals surface area (Å²) in [6.45, 7) is 3.08. The molecule has 0 radical (unpaired) electrons. The van der Waals surface area contributed by atoms with Gasteiger partial charge < -0.3 is 44.6 Å². The van der Waals surface area contributed by atoms with Crippen molar-refractivity contribution in [2.45, 2.75) is 197 Å². The zero-order chi connectivity index (χ0) is 44.0. The molecule has 0 aromatic heterocycles. The Kier molecular flexibility index (Phi) is 28.8. The number of epoxide rings is 1. The first kappa shape index (κ1) is 53.6. The molecule has 15 heteroatoms. The lowest BCUT2D eigenvalue weighted by molar-refractivity contribution is -0.220. The predicted molar refractivity (Wildman–Crippen MR) is 230 cm³/mol. The molecular weight excluding hydrogens is 795 g/mol. The monoisotopic (exact) mass is 870 g/mol. The Bertz CT molecular complexity index is 1350. The van der Waals surface area contributed by atoms with Gasteiger partial charge in [0.25, 0.3) is 0 Å². The van der Waals surface area contributed by atoms with Crippen LogP contribution in [0.2, 0.25) is 0 Å². The molecule has 1 heterocycles. The molecule has 0 spiro atoms. The van der Waals surface area contributed by atoms with Crippen LogP contribution in [0.5, 0.6) is 0 Å². The number of hydrogen-bond donors (Lipinski definition) is 6. The van der Waals surface area contributed by atoms with Gasteiger partial charge in [-0.25, -0.2) is 4.57 Å². The van der Waals surface area contributed by atoms with E-state index in [4.69, 9.17) is 23.3 Å². The lowest BCUT2D eigenvalue weighted by Gasteiger charge is -2.41. The molecular formula is C45H75O14P. The Labute approximate surface area is 358 Å². The van der Waals surface area contributed by atoms with E-state index in [1.165, 1.54) is 57.8 Å². The van der Waals surface area contributed by atoms with Crippen LogP contribution in [0.1, 0.15) is 142 Å². The van der Waals surface area contributed by atoms with Crippen molar-refractivity contribution in [1.29, 1.82) is 0 Å². The van der Waals surface area contributed by atoms with E-state index < -0.39 is 75.7 Å². The molecule has 1 saturated carbocycles. The standard InChI is InChI=1S/C45H75O14P/c1-3-5-7-9-11-13-15-17-19-21-23-25-27-31-38(46)55-33-35(34-56-60(53,54)59-45-43(51)41(49)40(48)42(50)44(45)52)57-39(47)32-28-30-37-36(58-37)29-26-24-22-20-18-16-14-12-10-8-6-4-2/h6,8,12,14,18,20,22,24,26,29,35-37,40-45,48-52H,3-5,7,9-11,13,15-17,19,21,23,25,27-28,30-34H2,1-2H3,(H,53,54)/b8-6-,14-12-,20-18-,24-22+,29-26+. The molecule has 8 atom stereocenters. The van der Waals surface area contributed by atoms with Crippen LogP contribution < -0.4 is 0 Å². The predicted octanol–water partition coefficient (Wildman–Crippen LogP) is 7.15. The van der Waals surface area contributed by atoms with E-state index in [0.717, 1.165) is 38.5 Å². The van der Waals surface area contributed by atoms with Crippen molar-refractivity contribution in [2.75, 3.05) is 13.2 Å². The minimum absolute atomic E-state index is 0.0143. The molecule has 1 aliphatic carbocycles. The first-order valence-electron chi connectivity index (χ1n) is 22.3. The summed E-state index contributed by atoms with van der Waals surface area (Å²) in [7, 11) is -5.15. The van der Waals surface area contributed by atoms with Gasteiger partial charge in [0.15, 0.2) is 6.10 Å².